The Kier molecular flexibility index (Phi) is 4.90. The van der Waals surface area contributed by atoms with Gasteiger partial charge in [-0.3, -0.25) is 0 Å². The van der Waals surface area contributed by atoms with Crippen molar-refractivity contribution in [1.29, 1.82) is 5.26 Å². The first-order valence-corrected chi connectivity index (χ1v) is 7.88. The van der Waals surface area contributed by atoms with Crippen LogP contribution in [0.1, 0.15) is 16.7 Å². The molecule has 1 aromatic heterocycles. The van der Waals surface area contributed by atoms with Crippen molar-refractivity contribution < 1.29 is 13.2 Å². The fourth-order valence-corrected chi connectivity index (χ4v) is 2.78. The maximum atomic E-state index is 12.8. The van der Waals surface area contributed by atoms with Gasteiger partial charge in [-0.25, -0.2) is 4.68 Å². The van der Waals surface area contributed by atoms with Crippen LogP contribution in [0.3, 0.4) is 0 Å². The number of thioether (sulfide) groups is 1. The Hall–Kier alpha value is -2.14. The molecular formula is C15H15F3N4S. The minimum Gasteiger partial charge on any atom is -0.362 e. The highest BCUT2D eigenvalue weighted by molar-refractivity contribution is 7.98. The van der Waals surface area contributed by atoms with E-state index in [-0.39, 0.29) is 6.54 Å². The van der Waals surface area contributed by atoms with Crippen LogP contribution in [0.5, 0.6) is 0 Å². The van der Waals surface area contributed by atoms with Crippen LogP contribution in [0.15, 0.2) is 29.3 Å². The molecular weight excluding hydrogens is 325 g/mol. The molecule has 2 aromatic rings. The van der Waals surface area contributed by atoms with Crippen molar-refractivity contribution in [2.24, 2.45) is 0 Å². The number of halogens is 3. The summed E-state index contributed by atoms with van der Waals surface area (Å²) in [6.07, 6.45) is -2.58. The summed E-state index contributed by atoms with van der Waals surface area (Å²) >= 11 is 1.33. The third-order valence-electron chi connectivity index (χ3n) is 3.21. The van der Waals surface area contributed by atoms with Crippen molar-refractivity contribution in [3.05, 3.63) is 41.0 Å². The van der Waals surface area contributed by atoms with E-state index >= 15 is 0 Å². The summed E-state index contributed by atoms with van der Waals surface area (Å²) in [5.74, 6) is 0.578. The van der Waals surface area contributed by atoms with Gasteiger partial charge in [0.2, 0.25) is 0 Å². The van der Waals surface area contributed by atoms with E-state index in [2.05, 4.69) is 11.2 Å². The highest BCUT2D eigenvalue weighted by Crippen LogP contribution is 2.31. The van der Waals surface area contributed by atoms with Gasteiger partial charge in [-0.05, 0) is 24.0 Å². The first-order chi connectivity index (χ1) is 10.8. The zero-order valence-corrected chi connectivity index (χ0v) is 13.7. The summed E-state index contributed by atoms with van der Waals surface area (Å²) in [4.78, 5) is 1.74. The maximum absolute atomic E-state index is 12.8. The molecule has 0 aliphatic heterocycles. The Labute approximate surface area is 136 Å². The van der Waals surface area contributed by atoms with Crippen molar-refractivity contribution in [3.63, 3.8) is 0 Å². The second-order valence-corrected chi connectivity index (χ2v) is 5.86. The van der Waals surface area contributed by atoms with Gasteiger partial charge in [-0.1, -0.05) is 12.1 Å². The van der Waals surface area contributed by atoms with Crippen molar-refractivity contribution in [3.8, 4) is 6.07 Å². The van der Waals surface area contributed by atoms with Crippen LogP contribution in [0.25, 0.3) is 0 Å². The first-order valence-electron chi connectivity index (χ1n) is 6.66. The molecule has 122 valence electrons. The molecule has 0 amide bonds. The quantitative estimate of drug-likeness (QED) is 0.798. The van der Waals surface area contributed by atoms with Crippen LogP contribution < -0.4 is 4.90 Å². The van der Waals surface area contributed by atoms with Crippen LogP contribution in [0, 0.1) is 11.3 Å². The smallest absolute Gasteiger partial charge is 0.362 e. The summed E-state index contributed by atoms with van der Waals surface area (Å²) < 4.78 is 40.0. The summed E-state index contributed by atoms with van der Waals surface area (Å²) in [7, 11) is 3.54. The van der Waals surface area contributed by atoms with E-state index in [4.69, 9.17) is 0 Å². The summed E-state index contributed by atoms with van der Waals surface area (Å²) in [5.41, 5.74) is 0.205. The molecule has 0 aliphatic carbocycles. The standard InChI is InChI=1S/C15H15F3N4S/c1-21(2)14-12(8-19)13(23-3)20-22(14)9-10-5-4-6-11(7-10)15(16,17)18/h4-7H,9H2,1-3H3. The van der Waals surface area contributed by atoms with Gasteiger partial charge in [0.15, 0.2) is 0 Å². The fourth-order valence-electron chi connectivity index (χ4n) is 2.26. The molecule has 0 N–H and O–H groups in total. The van der Waals surface area contributed by atoms with Crippen molar-refractivity contribution in [2.75, 3.05) is 25.3 Å². The number of aromatic nitrogens is 2. The Morgan fingerprint density at radius 1 is 1.35 bits per heavy atom. The van der Waals surface area contributed by atoms with Gasteiger partial charge in [0.05, 0.1) is 12.1 Å². The largest absolute Gasteiger partial charge is 0.416 e. The Morgan fingerprint density at radius 2 is 2.04 bits per heavy atom. The molecule has 2 rings (SSSR count). The lowest BCUT2D eigenvalue weighted by atomic mass is 10.1. The number of alkyl halides is 3. The monoisotopic (exact) mass is 340 g/mol. The number of nitriles is 1. The van der Waals surface area contributed by atoms with Gasteiger partial charge < -0.3 is 4.90 Å². The number of hydrogen-bond donors (Lipinski definition) is 0. The predicted octanol–water partition coefficient (Wildman–Crippen LogP) is 3.61. The van der Waals surface area contributed by atoms with Gasteiger partial charge in [-0.2, -0.15) is 23.5 Å². The zero-order valence-electron chi connectivity index (χ0n) is 12.8. The average Bonchev–Trinajstić information content (AvgIpc) is 2.84. The molecule has 0 bridgehead atoms. The van der Waals surface area contributed by atoms with Gasteiger partial charge in [0.1, 0.15) is 22.5 Å². The Bertz CT molecular complexity index is 744. The summed E-state index contributed by atoms with van der Waals surface area (Å²) in [5, 5.41) is 14.2. The SMILES string of the molecule is CSc1nn(Cc2cccc(C(F)(F)F)c2)c(N(C)C)c1C#N. The highest BCUT2D eigenvalue weighted by Gasteiger charge is 2.30. The van der Waals surface area contributed by atoms with Crippen LogP contribution >= 0.6 is 11.8 Å². The third-order valence-corrected chi connectivity index (χ3v) is 3.88. The number of benzene rings is 1. The average molecular weight is 340 g/mol. The predicted molar refractivity (Wildman–Crippen MR) is 83.6 cm³/mol. The zero-order chi connectivity index (χ0) is 17.2. The van der Waals surface area contributed by atoms with E-state index < -0.39 is 11.7 Å². The minimum absolute atomic E-state index is 0.159. The van der Waals surface area contributed by atoms with Crippen LogP contribution in [-0.4, -0.2) is 30.1 Å². The van der Waals surface area contributed by atoms with Crippen LogP contribution in [0.4, 0.5) is 19.0 Å². The Balaban J connectivity index is 2.45. The lowest BCUT2D eigenvalue weighted by Gasteiger charge is -2.16. The molecule has 4 nitrogen and oxygen atoms in total. The fraction of sp³-hybridized carbons (Fsp3) is 0.333. The van der Waals surface area contributed by atoms with Crippen molar-refractivity contribution >= 4 is 17.6 Å². The van der Waals surface area contributed by atoms with E-state index in [1.807, 2.05) is 0 Å². The van der Waals surface area contributed by atoms with Crippen LogP contribution in [0.2, 0.25) is 0 Å². The molecule has 0 spiro atoms. The topological polar surface area (TPSA) is 44.9 Å². The number of hydrogen-bond acceptors (Lipinski definition) is 4. The van der Waals surface area contributed by atoms with E-state index in [0.717, 1.165) is 12.1 Å². The molecule has 0 saturated carbocycles. The summed E-state index contributed by atoms with van der Waals surface area (Å²) in [6.45, 7) is 0.159. The molecule has 0 aliphatic rings. The summed E-state index contributed by atoms with van der Waals surface area (Å²) in [6, 6.07) is 7.24. The first kappa shape index (κ1) is 17.2. The molecule has 1 heterocycles. The lowest BCUT2D eigenvalue weighted by Crippen LogP contribution is -2.17. The molecule has 8 heteroatoms. The molecule has 23 heavy (non-hydrogen) atoms. The molecule has 1 aromatic carbocycles. The normalized spacial score (nSPS) is 11.3. The van der Waals surface area contributed by atoms with Gasteiger partial charge in [0, 0.05) is 14.1 Å². The second kappa shape index (κ2) is 6.54. The van der Waals surface area contributed by atoms with Crippen molar-refractivity contribution in [1.82, 2.24) is 9.78 Å². The number of nitrogens with zero attached hydrogens (tertiary/aromatic N) is 4. The number of anilines is 1. The maximum Gasteiger partial charge on any atom is 0.416 e. The second-order valence-electron chi connectivity index (χ2n) is 5.07. The third kappa shape index (κ3) is 3.62. The highest BCUT2D eigenvalue weighted by atomic mass is 32.2. The number of rotatable bonds is 4. The van der Waals surface area contributed by atoms with E-state index in [1.54, 1.807) is 36.0 Å². The van der Waals surface area contributed by atoms with Crippen molar-refractivity contribution in [2.45, 2.75) is 17.7 Å². The van der Waals surface area contributed by atoms with Gasteiger partial charge >= 0.3 is 6.18 Å². The minimum atomic E-state index is -4.38. The van der Waals surface area contributed by atoms with Gasteiger partial charge in [0.25, 0.3) is 0 Å². The molecule has 0 atom stereocenters. The van der Waals surface area contributed by atoms with Crippen LogP contribution in [-0.2, 0) is 12.7 Å². The van der Waals surface area contributed by atoms with Gasteiger partial charge in [-0.15, -0.1) is 11.8 Å². The molecule has 0 unspecified atom stereocenters. The van der Waals surface area contributed by atoms with E-state index in [9.17, 15) is 18.4 Å². The molecule has 0 saturated heterocycles. The van der Waals surface area contributed by atoms with E-state index in [0.29, 0.717) is 22.0 Å². The lowest BCUT2D eigenvalue weighted by molar-refractivity contribution is -0.137. The Morgan fingerprint density at radius 3 is 2.57 bits per heavy atom. The van der Waals surface area contributed by atoms with E-state index in [1.165, 1.54) is 17.8 Å². The molecule has 0 radical (unpaired) electrons. The molecule has 0 fully saturated rings.